The van der Waals surface area contributed by atoms with E-state index in [4.69, 9.17) is 0 Å². The zero-order chi connectivity index (χ0) is 21.3. The standard InChI is InChI=1S/C20H15F2N3O3S2/c21-12-3-4-15(14(22)10-12)23-17(26)11-25-16-6-9-30-18(16)19(27)24(20(25)28)7-5-13-2-1-8-29-13/h1-4,6,8-10H,5,7,11H2,(H,23,26). The van der Waals surface area contributed by atoms with Crippen LogP contribution in [0, 0.1) is 11.6 Å². The molecule has 0 saturated carbocycles. The minimum absolute atomic E-state index is 0.181. The van der Waals surface area contributed by atoms with Crippen LogP contribution in [0.25, 0.3) is 10.2 Å². The molecule has 30 heavy (non-hydrogen) atoms. The zero-order valence-corrected chi connectivity index (χ0v) is 17.1. The summed E-state index contributed by atoms with van der Waals surface area (Å²) in [5.41, 5.74) is -0.862. The monoisotopic (exact) mass is 447 g/mol. The first-order valence-electron chi connectivity index (χ1n) is 8.92. The first kappa shape index (κ1) is 20.2. The van der Waals surface area contributed by atoms with Crippen molar-refractivity contribution in [1.29, 1.82) is 0 Å². The van der Waals surface area contributed by atoms with Gasteiger partial charge in [0.15, 0.2) is 0 Å². The molecule has 10 heteroatoms. The molecule has 0 fully saturated rings. The molecule has 0 bridgehead atoms. The van der Waals surface area contributed by atoms with Crippen molar-refractivity contribution in [2.24, 2.45) is 0 Å². The Morgan fingerprint density at radius 1 is 1.03 bits per heavy atom. The summed E-state index contributed by atoms with van der Waals surface area (Å²) < 4.78 is 29.5. The lowest BCUT2D eigenvalue weighted by Gasteiger charge is -2.12. The minimum Gasteiger partial charge on any atom is -0.322 e. The van der Waals surface area contributed by atoms with Crippen LogP contribution < -0.4 is 16.6 Å². The van der Waals surface area contributed by atoms with Gasteiger partial charge in [0.25, 0.3) is 5.56 Å². The van der Waals surface area contributed by atoms with Crippen LogP contribution in [0.2, 0.25) is 0 Å². The van der Waals surface area contributed by atoms with Gasteiger partial charge < -0.3 is 5.32 Å². The number of anilines is 1. The van der Waals surface area contributed by atoms with Gasteiger partial charge in [0.05, 0.1) is 11.2 Å². The Morgan fingerprint density at radius 2 is 1.87 bits per heavy atom. The molecule has 1 amide bonds. The van der Waals surface area contributed by atoms with Crippen LogP contribution in [0.5, 0.6) is 0 Å². The van der Waals surface area contributed by atoms with Crippen LogP contribution >= 0.6 is 22.7 Å². The molecule has 154 valence electrons. The first-order chi connectivity index (χ1) is 14.4. The Labute approximate surface area is 176 Å². The molecule has 0 spiro atoms. The first-order valence-corrected chi connectivity index (χ1v) is 10.7. The number of aromatic nitrogens is 2. The number of nitrogens with one attached hydrogen (secondary N) is 1. The van der Waals surface area contributed by atoms with Gasteiger partial charge in [0.1, 0.15) is 22.9 Å². The van der Waals surface area contributed by atoms with E-state index in [-0.39, 0.29) is 12.2 Å². The largest absolute Gasteiger partial charge is 0.332 e. The Bertz CT molecular complexity index is 1340. The van der Waals surface area contributed by atoms with Crippen LogP contribution in [0.1, 0.15) is 4.88 Å². The number of amides is 1. The summed E-state index contributed by atoms with van der Waals surface area (Å²) in [6.07, 6.45) is 0.511. The van der Waals surface area contributed by atoms with Crippen LogP contribution in [0.4, 0.5) is 14.5 Å². The van der Waals surface area contributed by atoms with Crippen molar-refractivity contribution in [1.82, 2.24) is 9.13 Å². The molecule has 0 radical (unpaired) electrons. The summed E-state index contributed by atoms with van der Waals surface area (Å²) >= 11 is 2.72. The average Bonchev–Trinajstić information content (AvgIpc) is 3.39. The summed E-state index contributed by atoms with van der Waals surface area (Å²) in [6, 6.07) is 8.19. The fourth-order valence-corrected chi connectivity index (χ4v) is 4.63. The van der Waals surface area contributed by atoms with Crippen molar-refractivity contribution in [2.75, 3.05) is 5.32 Å². The number of thiophene rings is 2. The fourth-order valence-electron chi connectivity index (χ4n) is 3.08. The number of rotatable bonds is 6. The van der Waals surface area contributed by atoms with Crippen LogP contribution in [-0.2, 0) is 24.3 Å². The highest BCUT2D eigenvalue weighted by atomic mass is 32.1. The maximum absolute atomic E-state index is 13.8. The van der Waals surface area contributed by atoms with Gasteiger partial charge in [0.2, 0.25) is 5.91 Å². The lowest BCUT2D eigenvalue weighted by molar-refractivity contribution is -0.116. The highest BCUT2D eigenvalue weighted by molar-refractivity contribution is 7.17. The Kier molecular flexibility index (Phi) is 5.60. The van der Waals surface area contributed by atoms with Gasteiger partial charge in [-0.3, -0.25) is 18.7 Å². The summed E-state index contributed by atoms with van der Waals surface area (Å²) in [5, 5.41) is 5.92. The second-order valence-electron chi connectivity index (χ2n) is 6.46. The molecule has 6 nitrogen and oxygen atoms in total. The van der Waals surface area contributed by atoms with Crippen LogP contribution in [0.3, 0.4) is 0 Å². The average molecular weight is 447 g/mol. The van der Waals surface area contributed by atoms with Gasteiger partial charge in [-0.2, -0.15) is 0 Å². The van der Waals surface area contributed by atoms with Gasteiger partial charge in [-0.15, -0.1) is 22.7 Å². The Morgan fingerprint density at radius 3 is 2.60 bits per heavy atom. The predicted molar refractivity (Wildman–Crippen MR) is 113 cm³/mol. The number of carbonyl (C=O) groups excluding carboxylic acids is 1. The van der Waals surface area contributed by atoms with Crippen molar-refractivity contribution < 1.29 is 13.6 Å². The molecule has 0 atom stereocenters. The summed E-state index contributed by atoms with van der Waals surface area (Å²) in [4.78, 5) is 39.2. The van der Waals surface area contributed by atoms with Crippen molar-refractivity contribution in [3.8, 4) is 0 Å². The van der Waals surface area contributed by atoms with Crippen molar-refractivity contribution in [3.63, 3.8) is 0 Å². The topological polar surface area (TPSA) is 73.1 Å². The third kappa shape index (κ3) is 3.96. The maximum atomic E-state index is 13.8. The smallest absolute Gasteiger partial charge is 0.322 e. The molecule has 1 N–H and O–H groups in total. The normalized spacial score (nSPS) is 11.1. The highest BCUT2D eigenvalue weighted by Crippen LogP contribution is 2.17. The number of aryl methyl sites for hydroxylation is 1. The third-order valence-corrected chi connectivity index (χ3v) is 6.33. The van der Waals surface area contributed by atoms with E-state index in [2.05, 4.69) is 5.32 Å². The third-order valence-electron chi connectivity index (χ3n) is 4.51. The zero-order valence-electron chi connectivity index (χ0n) is 15.4. The van der Waals surface area contributed by atoms with Crippen molar-refractivity contribution in [2.45, 2.75) is 19.5 Å². The van der Waals surface area contributed by atoms with E-state index in [1.165, 1.54) is 27.2 Å². The van der Waals surface area contributed by atoms with Crippen molar-refractivity contribution in [3.05, 3.63) is 84.5 Å². The second kappa shape index (κ2) is 8.33. The number of carbonyl (C=O) groups is 1. The van der Waals surface area contributed by atoms with Crippen LogP contribution in [-0.4, -0.2) is 15.0 Å². The minimum atomic E-state index is -0.919. The number of halogens is 2. The van der Waals surface area contributed by atoms with Crippen LogP contribution in [0.15, 0.2) is 56.7 Å². The number of benzene rings is 1. The SMILES string of the molecule is O=C(Cn1c(=O)n(CCc2cccs2)c(=O)c2sccc21)Nc1ccc(F)cc1F. The second-order valence-corrected chi connectivity index (χ2v) is 8.41. The lowest BCUT2D eigenvalue weighted by atomic mass is 10.3. The maximum Gasteiger partial charge on any atom is 0.332 e. The number of hydrogen-bond donors (Lipinski definition) is 1. The molecule has 4 rings (SSSR count). The molecule has 0 aliphatic heterocycles. The van der Waals surface area contributed by atoms with E-state index in [1.54, 1.807) is 11.4 Å². The van der Waals surface area contributed by atoms with E-state index in [0.29, 0.717) is 22.7 Å². The van der Waals surface area contributed by atoms with E-state index in [0.717, 1.165) is 21.6 Å². The Hall–Kier alpha value is -3.11. The van der Waals surface area contributed by atoms with Gasteiger partial charge in [-0.05, 0) is 41.4 Å². The quantitative estimate of drug-likeness (QED) is 0.492. The van der Waals surface area contributed by atoms with Gasteiger partial charge in [-0.25, -0.2) is 13.6 Å². The van der Waals surface area contributed by atoms with Gasteiger partial charge >= 0.3 is 5.69 Å². The summed E-state index contributed by atoms with van der Waals surface area (Å²) in [5.74, 6) is -2.35. The molecule has 0 aliphatic carbocycles. The van der Waals surface area contributed by atoms with E-state index in [1.807, 2.05) is 17.5 Å². The summed E-state index contributed by atoms with van der Waals surface area (Å²) in [6.45, 7) is -0.234. The molecule has 1 aromatic carbocycles. The molecular formula is C20H15F2N3O3S2. The molecule has 0 saturated heterocycles. The number of hydrogen-bond acceptors (Lipinski definition) is 5. The molecule has 3 heterocycles. The van der Waals surface area contributed by atoms with Gasteiger partial charge in [0, 0.05) is 17.5 Å². The number of nitrogens with zero attached hydrogens (tertiary/aromatic N) is 2. The van der Waals surface area contributed by atoms with E-state index in [9.17, 15) is 23.2 Å². The number of fused-ring (bicyclic) bond motifs is 1. The molecule has 4 aromatic rings. The van der Waals surface area contributed by atoms with E-state index < -0.39 is 35.3 Å². The Balaban J connectivity index is 1.66. The van der Waals surface area contributed by atoms with Gasteiger partial charge in [-0.1, -0.05) is 6.07 Å². The summed E-state index contributed by atoms with van der Waals surface area (Å²) in [7, 11) is 0. The van der Waals surface area contributed by atoms with Crippen molar-refractivity contribution >= 4 is 44.5 Å². The lowest BCUT2D eigenvalue weighted by Crippen LogP contribution is -2.41. The fraction of sp³-hybridized carbons (Fsp3) is 0.150. The molecule has 0 aliphatic rings. The van der Waals surface area contributed by atoms with E-state index >= 15 is 0 Å². The molecule has 0 unspecified atom stereocenters. The molecular weight excluding hydrogens is 432 g/mol. The molecule has 3 aromatic heterocycles. The highest BCUT2D eigenvalue weighted by Gasteiger charge is 2.17. The predicted octanol–water partition coefficient (Wildman–Crippen LogP) is 3.45.